The van der Waals surface area contributed by atoms with Gasteiger partial charge in [0.1, 0.15) is 11.4 Å². The number of hydrogen-bond acceptors (Lipinski definition) is 4. The van der Waals surface area contributed by atoms with Gasteiger partial charge in [-0.1, -0.05) is 6.07 Å². The Kier molecular flexibility index (Phi) is 9.24. The van der Waals surface area contributed by atoms with E-state index in [0.717, 1.165) is 0 Å². The molecular formula is C18H26BrFLrN2O3-2. The molecule has 0 saturated heterocycles. The smallest absolute Gasteiger partial charge is 0.380 e. The van der Waals surface area contributed by atoms with Crippen LogP contribution in [0.2, 0.25) is 0 Å². The summed E-state index contributed by atoms with van der Waals surface area (Å²) < 4.78 is 19.2. The van der Waals surface area contributed by atoms with E-state index >= 15 is 0 Å². The summed E-state index contributed by atoms with van der Waals surface area (Å²) >= 11 is 3.08. The third-order valence-corrected chi connectivity index (χ3v) is 4.00. The molecule has 5 nitrogen and oxygen atoms in total. The predicted molar refractivity (Wildman–Crippen MR) is 98.9 cm³/mol. The maximum Gasteiger partial charge on any atom is 0.380 e. The van der Waals surface area contributed by atoms with E-state index in [0.29, 0.717) is 23.1 Å². The summed E-state index contributed by atoms with van der Waals surface area (Å²) in [6.45, 7) is 9.82. The van der Waals surface area contributed by atoms with E-state index in [1.165, 1.54) is 11.0 Å². The number of nitrogens with zero attached hydrogens (tertiary/aromatic N) is 2. The van der Waals surface area contributed by atoms with Gasteiger partial charge in [-0.3, -0.25) is 7.05 Å². The van der Waals surface area contributed by atoms with Crippen molar-refractivity contribution in [1.29, 1.82) is 0 Å². The molecular weight excluding hydrogens is 653 g/mol. The zero-order valence-corrected chi connectivity index (χ0v) is 19.1. The molecule has 1 radical (unpaired) electrons. The molecule has 1 aromatic rings. The van der Waals surface area contributed by atoms with Crippen molar-refractivity contribution in [3.8, 4) is 0 Å². The van der Waals surface area contributed by atoms with Gasteiger partial charge in [0.05, 0.1) is 10.6 Å². The quantitative estimate of drug-likeness (QED) is 0.441. The summed E-state index contributed by atoms with van der Waals surface area (Å²) in [4.78, 5) is 15.1. The van der Waals surface area contributed by atoms with Gasteiger partial charge in [-0.2, -0.15) is 6.92 Å². The molecule has 0 fully saturated rings. The summed E-state index contributed by atoms with van der Waals surface area (Å²) in [5.74, 6) is -0.427. The van der Waals surface area contributed by atoms with Crippen molar-refractivity contribution in [2.24, 2.45) is 0 Å². The standard InChI is InChI=1S/C18H26BrFN2O3.Lr/c1-6-22(17(24)25-18(2,3)4)10-9-21(5)12-16(23)13-7-8-14(19)15(20)11-13;/h6-8,11,16,23H,5,9-10,12H2,1-4H3;/q-2;. The molecule has 157 valence electrons. The van der Waals surface area contributed by atoms with Crippen molar-refractivity contribution in [1.82, 2.24) is 9.80 Å². The van der Waals surface area contributed by atoms with Crippen LogP contribution < -0.4 is 0 Å². The number of carbonyl (C=O) groups excluding carboxylic acids is 1. The fourth-order valence-corrected chi connectivity index (χ4v) is 2.30. The Labute approximate surface area is 157 Å². The summed E-state index contributed by atoms with van der Waals surface area (Å²) in [5, 5.41) is 10.2. The average Bonchev–Trinajstić information content (AvgIpc) is 2.48. The zero-order valence-electron chi connectivity index (χ0n) is 15.4. The van der Waals surface area contributed by atoms with E-state index in [1.807, 2.05) is 0 Å². The fourth-order valence-electron chi connectivity index (χ4n) is 2.06. The van der Waals surface area contributed by atoms with E-state index in [4.69, 9.17) is 4.74 Å². The van der Waals surface area contributed by atoms with Crippen LogP contribution in [0.15, 0.2) is 22.7 Å². The molecule has 1 unspecified atom stereocenters. The van der Waals surface area contributed by atoms with Crippen LogP contribution in [-0.2, 0) is 4.74 Å². The number of aliphatic hydroxyl groups excluding tert-OH is 1. The number of halogens is 2. The third kappa shape index (κ3) is 7.80. The van der Waals surface area contributed by atoms with E-state index in [9.17, 15) is 14.3 Å². The molecule has 0 aromatic heterocycles. The fraction of sp³-hybridized carbons (Fsp3) is 0.500. The summed E-state index contributed by atoms with van der Waals surface area (Å²) in [6, 6.07) is 4.49. The van der Waals surface area contributed by atoms with E-state index < -0.39 is 23.6 Å². The largest absolute Gasteiger partial charge is 0.457 e. The number of carbonyl (C=O) groups is 1. The summed E-state index contributed by atoms with van der Waals surface area (Å²) in [5.41, 5.74) is -0.0925. The van der Waals surface area contributed by atoms with Crippen LogP contribution in [0.25, 0.3) is 0 Å². The minimum atomic E-state index is -0.874. The molecule has 1 aromatic carbocycles. The molecule has 0 aliphatic rings. The number of aliphatic hydroxyl groups is 1. The minimum absolute atomic E-state index is 0. The van der Waals surface area contributed by atoms with Crippen LogP contribution in [0.3, 0.4) is 0 Å². The van der Waals surface area contributed by atoms with Gasteiger partial charge >= 0.3 is 6.09 Å². The Morgan fingerprint density at radius 3 is 2.54 bits per heavy atom. The van der Waals surface area contributed by atoms with Crippen molar-refractivity contribution >= 4 is 22.0 Å². The van der Waals surface area contributed by atoms with Crippen LogP contribution in [-0.4, -0.2) is 46.2 Å². The normalized spacial score (nSPS) is 12.5. The molecule has 26 heavy (non-hydrogen) atoms. The Morgan fingerprint density at radius 1 is 1.42 bits per heavy atom. The van der Waals surface area contributed by atoms with Gasteiger partial charge in [0.15, 0.2) is 0 Å². The molecule has 0 heterocycles. The van der Waals surface area contributed by atoms with Crippen molar-refractivity contribution < 1.29 is 19.0 Å². The first kappa shape index (κ1) is 23.8. The second-order valence-electron chi connectivity index (χ2n) is 6.70. The van der Waals surface area contributed by atoms with Crippen molar-refractivity contribution in [2.75, 3.05) is 19.6 Å². The van der Waals surface area contributed by atoms with Gasteiger partial charge in [-0.25, -0.2) is 15.7 Å². The van der Waals surface area contributed by atoms with Crippen LogP contribution in [0.4, 0.5) is 9.18 Å². The monoisotopic (exact) mass is 678 g/mol. The van der Waals surface area contributed by atoms with Crippen molar-refractivity contribution in [2.45, 2.75) is 39.4 Å². The van der Waals surface area contributed by atoms with Crippen LogP contribution in [0.1, 0.15) is 39.4 Å². The number of amides is 1. The van der Waals surface area contributed by atoms with Crippen LogP contribution in [0.5, 0.6) is 0 Å². The molecule has 1 amide bonds. The molecule has 0 aliphatic heterocycles. The molecule has 1 N–H and O–H groups in total. The average molecular weight is 679 g/mol. The second-order valence-corrected chi connectivity index (χ2v) is 7.55. The zero-order chi connectivity index (χ0) is 19.2. The van der Waals surface area contributed by atoms with E-state index in [2.05, 4.69) is 23.0 Å². The number of rotatable bonds is 7. The van der Waals surface area contributed by atoms with Gasteiger partial charge in [-0.15, -0.1) is 0 Å². The van der Waals surface area contributed by atoms with Crippen LogP contribution in [0, 0.1) is 19.4 Å². The van der Waals surface area contributed by atoms with E-state index in [1.54, 1.807) is 51.3 Å². The van der Waals surface area contributed by atoms with Gasteiger partial charge < -0.3 is 19.6 Å². The molecule has 0 saturated carbocycles. The SMILES string of the molecule is [CH2-]N(CCN([CH-]C)C(=O)OC(C)(C)C)CC(O)c1ccc(Br)c(F)c1.[Lr]. The Balaban J connectivity index is 0.00000625. The first-order valence-electron chi connectivity index (χ1n) is 8.01. The number of ether oxygens (including phenoxy) is 1. The maximum atomic E-state index is 13.6. The molecule has 0 spiro atoms. The van der Waals surface area contributed by atoms with Gasteiger partial charge in [0.2, 0.25) is 0 Å². The predicted octanol–water partition coefficient (Wildman–Crippen LogP) is 4.13. The van der Waals surface area contributed by atoms with Gasteiger partial charge in [0, 0.05) is 13.1 Å². The van der Waals surface area contributed by atoms with Crippen LogP contribution >= 0.6 is 15.9 Å². The molecule has 0 aliphatic carbocycles. The van der Waals surface area contributed by atoms with E-state index in [-0.39, 0.29) is 6.54 Å². The Morgan fingerprint density at radius 2 is 2.04 bits per heavy atom. The number of hydrogen-bond donors (Lipinski definition) is 1. The third-order valence-electron chi connectivity index (χ3n) is 3.36. The van der Waals surface area contributed by atoms with Gasteiger partial charge in [-0.05, 0) is 60.9 Å². The summed E-state index contributed by atoms with van der Waals surface area (Å²) in [7, 11) is 3.86. The Hall–Kier alpha value is -2.18. The van der Waals surface area contributed by atoms with Crippen molar-refractivity contribution in [3.05, 3.63) is 47.6 Å². The van der Waals surface area contributed by atoms with Crippen molar-refractivity contribution in [3.63, 3.8) is 0 Å². The topological polar surface area (TPSA) is 53.0 Å². The first-order chi connectivity index (χ1) is 11.5. The summed E-state index contributed by atoms with van der Waals surface area (Å²) in [6.07, 6.45) is -1.31. The molecule has 1 atom stereocenters. The minimum Gasteiger partial charge on any atom is -0.457 e. The first-order valence-corrected chi connectivity index (χ1v) is 8.80. The maximum absolute atomic E-state index is 13.6. The molecule has 1 rings (SSSR count). The number of benzene rings is 1. The molecule has 8 heteroatoms. The Bertz CT molecular complexity index is 584. The van der Waals surface area contributed by atoms with Gasteiger partial charge in [0.25, 0.3) is 0 Å². The molecule has 0 bridgehead atoms. The second kappa shape index (κ2) is 10.1.